The molecule has 15 heavy (non-hydrogen) atoms. The highest BCUT2D eigenvalue weighted by atomic mass is 16.3. The fourth-order valence-corrected chi connectivity index (χ4v) is 1.60. The molecule has 0 fully saturated rings. The minimum Gasteiger partial charge on any atom is -0.461 e. The second-order valence-electron chi connectivity index (χ2n) is 3.71. The van der Waals surface area contributed by atoms with Crippen LogP contribution in [-0.2, 0) is 6.42 Å². The summed E-state index contributed by atoms with van der Waals surface area (Å²) in [6.45, 7) is 4.12. The van der Waals surface area contributed by atoms with Gasteiger partial charge in [0.25, 0.3) is 0 Å². The largest absolute Gasteiger partial charge is 0.461 e. The summed E-state index contributed by atoms with van der Waals surface area (Å²) in [6.07, 6.45) is 0.908. The van der Waals surface area contributed by atoms with E-state index in [1.54, 1.807) is 0 Å². The molecule has 0 spiro atoms. The second kappa shape index (κ2) is 3.81. The molecule has 0 aliphatic carbocycles. The Morgan fingerprint density at radius 3 is 2.67 bits per heavy atom. The van der Waals surface area contributed by atoms with E-state index < -0.39 is 0 Å². The normalized spacial score (nSPS) is 10.5. The van der Waals surface area contributed by atoms with E-state index in [0.29, 0.717) is 0 Å². The first-order chi connectivity index (χ1) is 7.20. The summed E-state index contributed by atoms with van der Waals surface area (Å²) < 4.78 is 5.67. The van der Waals surface area contributed by atoms with Gasteiger partial charge < -0.3 is 10.2 Å². The van der Waals surface area contributed by atoms with E-state index in [-0.39, 0.29) is 0 Å². The fourth-order valence-electron chi connectivity index (χ4n) is 1.60. The van der Waals surface area contributed by atoms with Crippen molar-refractivity contribution in [3.05, 3.63) is 41.7 Å². The summed E-state index contributed by atoms with van der Waals surface area (Å²) in [5.41, 5.74) is 8.84. The predicted octanol–water partition coefficient (Wildman–Crippen LogP) is 3.40. The molecule has 0 aliphatic heterocycles. The van der Waals surface area contributed by atoms with Gasteiger partial charge in [0, 0.05) is 17.7 Å². The van der Waals surface area contributed by atoms with Crippen LogP contribution in [0.2, 0.25) is 0 Å². The van der Waals surface area contributed by atoms with Gasteiger partial charge in [0.1, 0.15) is 11.5 Å². The number of benzene rings is 1. The molecule has 2 N–H and O–H groups in total. The van der Waals surface area contributed by atoms with Gasteiger partial charge in [-0.1, -0.05) is 18.6 Å². The standard InChI is InChI=1S/C13H15NO/c1-3-10-5-7-13(15-10)11-8-9(2)4-6-12(11)14/h4-8H,3,14H2,1-2H3. The van der Waals surface area contributed by atoms with Crippen LogP contribution in [-0.4, -0.2) is 0 Å². The third-order valence-corrected chi connectivity index (χ3v) is 2.48. The van der Waals surface area contributed by atoms with Crippen LogP contribution in [0.1, 0.15) is 18.2 Å². The van der Waals surface area contributed by atoms with E-state index in [2.05, 4.69) is 6.92 Å². The summed E-state index contributed by atoms with van der Waals surface area (Å²) in [5.74, 6) is 1.85. The van der Waals surface area contributed by atoms with E-state index in [4.69, 9.17) is 10.2 Å². The zero-order valence-electron chi connectivity index (χ0n) is 9.08. The number of hydrogen-bond acceptors (Lipinski definition) is 2. The topological polar surface area (TPSA) is 39.2 Å². The highest BCUT2D eigenvalue weighted by Crippen LogP contribution is 2.28. The van der Waals surface area contributed by atoms with Crippen molar-refractivity contribution >= 4 is 5.69 Å². The molecule has 0 radical (unpaired) electrons. The Labute approximate surface area is 89.7 Å². The van der Waals surface area contributed by atoms with E-state index in [0.717, 1.165) is 29.2 Å². The Balaban J connectivity index is 2.48. The molecular weight excluding hydrogens is 186 g/mol. The maximum Gasteiger partial charge on any atom is 0.136 e. The first-order valence-corrected chi connectivity index (χ1v) is 5.16. The van der Waals surface area contributed by atoms with Gasteiger partial charge in [-0.05, 0) is 31.2 Å². The molecule has 0 saturated carbocycles. The van der Waals surface area contributed by atoms with E-state index in [9.17, 15) is 0 Å². The molecule has 1 aromatic carbocycles. The third kappa shape index (κ3) is 1.89. The SMILES string of the molecule is CCc1ccc(-c2cc(C)ccc2N)o1. The van der Waals surface area contributed by atoms with E-state index in [1.165, 1.54) is 5.56 Å². The number of rotatable bonds is 2. The van der Waals surface area contributed by atoms with Crippen LogP contribution < -0.4 is 5.73 Å². The van der Waals surface area contributed by atoms with Crippen molar-refractivity contribution in [2.24, 2.45) is 0 Å². The average molecular weight is 201 g/mol. The number of furan rings is 1. The molecule has 2 nitrogen and oxygen atoms in total. The molecule has 0 unspecified atom stereocenters. The molecule has 1 aromatic heterocycles. The summed E-state index contributed by atoms with van der Waals surface area (Å²) in [6, 6.07) is 9.94. The molecule has 2 heteroatoms. The quantitative estimate of drug-likeness (QED) is 0.756. The number of nitrogens with two attached hydrogens (primary N) is 1. The highest BCUT2D eigenvalue weighted by molar-refractivity contribution is 5.73. The van der Waals surface area contributed by atoms with Crippen molar-refractivity contribution in [1.29, 1.82) is 0 Å². The minimum atomic E-state index is 0.762. The van der Waals surface area contributed by atoms with Crippen molar-refractivity contribution in [1.82, 2.24) is 0 Å². The third-order valence-electron chi connectivity index (χ3n) is 2.48. The Morgan fingerprint density at radius 2 is 2.00 bits per heavy atom. The highest BCUT2D eigenvalue weighted by Gasteiger charge is 2.07. The van der Waals surface area contributed by atoms with Crippen LogP contribution in [0.25, 0.3) is 11.3 Å². The molecule has 78 valence electrons. The van der Waals surface area contributed by atoms with Crippen LogP contribution in [0.5, 0.6) is 0 Å². The Kier molecular flexibility index (Phi) is 2.50. The zero-order chi connectivity index (χ0) is 10.8. The molecule has 0 bridgehead atoms. The average Bonchev–Trinajstić information content (AvgIpc) is 2.70. The van der Waals surface area contributed by atoms with Crippen molar-refractivity contribution < 1.29 is 4.42 Å². The Morgan fingerprint density at radius 1 is 1.20 bits per heavy atom. The van der Waals surface area contributed by atoms with Crippen molar-refractivity contribution in [2.45, 2.75) is 20.3 Å². The Bertz CT molecular complexity index is 471. The van der Waals surface area contributed by atoms with Gasteiger partial charge in [-0.2, -0.15) is 0 Å². The predicted molar refractivity (Wildman–Crippen MR) is 62.7 cm³/mol. The van der Waals surface area contributed by atoms with Crippen LogP contribution in [0.15, 0.2) is 34.7 Å². The summed E-state index contributed by atoms with van der Waals surface area (Å²) in [7, 11) is 0. The van der Waals surface area contributed by atoms with Crippen molar-refractivity contribution in [3.8, 4) is 11.3 Å². The molecule has 2 rings (SSSR count). The van der Waals surface area contributed by atoms with Crippen LogP contribution >= 0.6 is 0 Å². The maximum absolute atomic E-state index is 5.91. The fraction of sp³-hybridized carbons (Fsp3) is 0.231. The van der Waals surface area contributed by atoms with Crippen molar-refractivity contribution in [3.63, 3.8) is 0 Å². The second-order valence-corrected chi connectivity index (χ2v) is 3.71. The minimum absolute atomic E-state index is 0.762. The lowest BCUT2D eigenvalue weighted by atomic mass is 10.1. The maximum atomic E-state index is 5.91. The van der Waals surface area contributed by atoms with Crippen molar-refractivity contribution in [2.75, 3.05) is 5.73 Å². The zero-order valence-corrected chi connectivity index (χ0v) is 9.08. The lowest BCUT2D eigenvalue weighted by Crippen LogP contribution is -1.89. The Hall–Kier alpha value is -1.70. The van der Waals surface area contributed by atoms with E-state index >= 15 is 0 Å². The summed E-state index contributed by atoms with van der Waals surface area (Å²) >= 11 is 0. The summed E-state index contributed by atoms with van der Waals surface area (Å²) in [4.78, 5) is 0. The van der Waals surface area contributed by atoms with Gasteiger partial charge in [0.2, 0.25) is 0 Å². The molecule has 0 aliphatic rings. The molecular formula is C13H15NO. The number of aryl methyl sites for hydroxylation is 2. The van der Waals surface area contributed by atoms with Crippen LogP contribution in [0.4, 0.5) is 5.69 Å². The first-order valence-electron chi connectivity index (χ1n) is 5.16. The molecule has 0 amide bonds. The van der Waals surface area contributed by atoms with Crippen LogP contribution in [0, 0.1) is 6.92 Å². The molecule has 0 saturated heterocycles. The van der Waals surface area contributed by atoms with Gasteiger partial charge in [-0.25, -0.2) is 0 Å². The molecule has 0 atom stereocenters. The lowest BCUT2D eigenvalue weighted by Gasteiger charge is -2.03. The molecule has 1 heterocycles. The van der Waals surface area contributed by atoms with Gasteiger partial charge in [0.15, 0.2) is 0 Å². The monoisotopic (exact) mass is 201 g/mol. The smallest absolute Gasteiger partial charge is 0.136 e. The number of anilines is 1. The van der Waals surface area contributed by atoms with Gasteiger partial charge in [-0.15, -0.1) is 0 Å². The van der Waals surface area contributed by atoms with Gasteiger partial charge >= 0.3 is 0 Å². The van der Waals surface area contributed by atoms with Gasteiger partial charge in [0.05, 0.1) is 0 Å². The van der Waals surface area contributed by atoms with E-state index in [1.807, 2.05) is 37.3 Å². The number of nitrogen functional groups attached to an aromatic ring is 1. The summed E-state index contributed by atoms with van der Waals surface area (Å²) in [5, 5.41) is 0. The lowest BCUT2D eigenvalue weighted by molar-refractivity contribution is 0.529. The number of hydrogen-bond donors (Lipinski definition) is 1. The van der Waals surface area contributed by atoms with Gasteiger partial charge in [-0.3, -0.25) is 0 Å². The molecule has 2 aromatic rings. The first kappa shape index (κ1) is 9.84. The van der Waals surface area contributed by atoms with Crippen LogP contribution in [0.3, 0.4) is 0 Å².